The molecule has 0 unspecified atom stereocenters. The van der Waals surface area contributed by atoms with Gasteiger partial charge >= 0.3 is 57.1 Å². The van der Waals surface area contributed by atoms with Gasteiger partial charge in [0, 0.05) is 18.8 Å². The minimum atomic E-state index is -4.63. The zero-order chi connectivity index (χ0) is 18.4. The van der Waals surface area contributed by atoms with Crippen LogP contribution in [0.1, 0.15) is 13.8 Å². The average molecular weight is 402 g/mol. The Hall–Kier alpha value is -1.08. The van der Waals surface area contributed by atoms with Gasteiger partial charge in [-0.3, -0.25) is 18.5 Å². The van der Waals surface area contributed by atoms with E-state index in [1.165, 1.54) is 33.7 Å². The van der Waals surface area contributed by atoms with Crippen LogP contribution in [0.15, 0.2) is 45.1 Å². The topological polar surface area (TPSA) is 119 Å². The van der Waals surface area contributed by atoms with E-state index in [1.807, 2.05) is 0 Å². The van der Waals surface area contributed by atoms with Crippen molar-refractivity contribution in [1.82, 2.24) is 18.7 Å². The smallest absolute Gasteiger partial charge is 0.744 e. The van der Waals surface area contributed by atoms with Gasteiger partial charge < -0.3 is 4.55 Å². The van der Waals surface area contributed by atoms with Gasteiger partial charge in [0.05, 0.1) is 4.90 Å². The molecule has 3 rings (SSSR count). The number of aryl methyl sites for hydroxylation is 1. The summed E-state index contributed by atoms with van der Waals surface area (Å²) in [6.45, 7) is 3.95. The second-order valence-electron chi connectivity index (χ2n) is 5.31. The average Bonchev–Trinajstić information content (AvgIpc) is 3.00. The van der Waals surface area contributed by atoms with Crippen LogP contribution in [0, 0.1) is 0 Å². The second kappa shape index (κ2) is 7.88. The summed E-state index contributed by atoms with van der Waals surface area (Å²) < 4.78 is 37.5. The summed E-state index contributed by atoms with van der Waals surface area (Å²) in [6.07, 6.45) is 1.33. The molecule has 0 aliphatic rings. The number of hydrogen-bond acceptors (Lipinski definition) is 6. The number of nitrogens with zero attached hydrogens (tertiary/aromatic N) is 4. The third-order valence-electron chi connectivity index (χ3n) is 3.93. The molecule has 2 aromatic heterocycles. The number of fused-ring (bicyclic) bond motifs is 1. The maximum absolute atomic E-state index is 12.7. The summed E-state index contributed by atoms with van der Waals surface area (Å²) in [6, 6.07) is 5.30. The molecule has 11 heteroatoms. The standard InChI is InChI=1S/C15H16N4O5S.K/c1-3-17-13-12(14(20)18(4-2)15(17)21)19(9-16-13)10-6-5-7-11(8-10)25(22,23)24;/h5-9H,3-4H2,1-2H3,(H,22,23,24);/q;+1/p-1. The van der Waals surface area contributed by atoms with Crippen LogP contribution in [0.4, 0.5) is 0 Å². The number of imidazole rings is 1. The van der Waals surface area contributed by atoms with E-state index in [1.54, 1.807) is 19.9 Å². The van der Waals surface area contributed by atoms with E-state index in [2.05, 4.69) is 4.98 Å². The van der Waals surface area contributed by atoms with Crippen LogP contribution in [0.25, 0.3) is 16.9 Å². The molecule has 0 aliphatic carbocycles. The molecule has 26 heavy (non-hydrogen) atoms. The molecule has 0 radical (unpaired) electrons. The summed E-state index contributed by atoms with van der Waals surface area (Å²) >= 11 is 0. The van der Waals surface area contributed by atoms with Gasteiger partial charge in [-0.05, 0) is 32.0 Å². The van der Waals surface area contributed by atoms with Crippen LogP contribution in [0.3, 0.4) is 0 Å². The Kier molecular flexibility index (Phi) is 6.43. The van der Waals surface area contributed by atoms with E-state index in [4.69, 9.17) is 0 Å². The van der Waals surface area contributed by atoms with Crippen LogP contribution in [0.2, 0.25) is 0 Å². The van der Waals surface area contributed by atoms with Crippen molar-refractivity contribution < 1.29 is 64.4 Å². The van der Waals surface area contributed by atoms with Gasteiger partial charge in [0.25, 0.3) is 5.56 Å². The van der Waals surface area contributed by atoms with Crippen molar-refractivity contribution in [1.29, 1.82) is 0 Å². The Morgan fingerprint density at radius 1 is 1.12 bits per heavy atom. The predicted octanol–water partition coefficient (Wildman–Crippen LogP) is -2.70. The van der Waals surface area contributed by atoms with Crippen LogP contribution < -0.4 is 62.6 Å². The first-order chi connectivity index (χ1) is 11.8. The van der Waals surface area contributed by atoms with Crippen LogP contribution in [0.5, 0.6) is 0 Å². The summed E-state index contributed by atoms with van der Waals surface area (Å²) in [5.74, 6) is 0. The van der Waals surface area contributed by atoms with E-state index < -0.39 is 26.3 Å². The van der Waals surface area contributed by atoms with E-state index >= 15 is 0 Å². The first-order valence-corrected chi connectivity index (χ1v) is 8.97. The molecule has 0 saturated carbocycles. The number of hydrogen-bond donors (Lipinski definition) is 0. The van der Waals surface area contributed by atoms with Crippen LogP contribution in [-0.2, 0) is 23.2 Å². The zero-order valence-corrected chi connectivity index (χ0v) is 18.5. The molecule has 0 bridgehead atoms. The fourth-order valence-corrected chi connectivity index (χ4v) is 3.25. The number of aromatic nitrogens is 4. The van der Waals surface area contributed by atoms with Gasteiger partial charge in [-0.2, -0.15) is 0 Å². The zero-order valence-electron chi connectivity index (χ0n) is 14.5. The first kappa shape index (κ1) is 21.2. The van der Waals surface area contributed by atoms with Crippen molar-refractivity contribution in [3.8, 4) is 5.69 Å². The molecule has 0 amide bonds. The summed E-state index contributed by atoms with van der Waals surface area (Å²) in [5.41, 5.74) is -0.342. The SMILES string of the molecule is CCn1c(=O)c2c(ncn2-c2cccc(S(=O)(=O)[O-])c2)n(CC)c1=O.[K+]. The number of benzene rings is 1. The Bertz CT molecular complexity index is 1190. The van der Waals surface area contributed by atoms with Gasteiger partial charge in [-0.15, -0.1) is 0 Å². The van der Waals surface area contributed by atoms with Gasteiger partial charge in [0.15, 0.2) is 11.2 Å². The summed E-state index contributed by atoms with van der Waals surface area (Å²) in [7, 11) is -4.63. The predicted molar refractivity (Wildman–Crippen MR) is 88.9 cm³/mol. The molecule has 3 aromatic rings. The Morgan fingerprint density at radius 2 is 1.77 bits per heavy atom. The van der Waals surface area contributed by atoms with Crippen molar-refractivity contribution in [2.24, 2.45) is 0 Å². The van der Waals surface area contributed by atoms with Crippen molar-refractivity contribution >= 4 is 21.3 Å². The van der Waals surface area contributed by atoms with Crippen molar-refractivity contribution in [3.05, 3.63) is 51.4 Å². The second-order valence-corrected chi connectivity index (χ2v) is 6.69. The fraction of sp³-hybridized carbons (Fsp3) is 0.267. The number of rotatable bonds is 4. The van der Waals surface area contributed by atoms with Crippen LogP contribution >= 0.6 is 0 Å². The fourth-order valence-electron chi connectivity index (χ4n) is 2.73. The van der Waals surface area contributed by atoms with E-state index in [0.29, 0.717) is 12.2 Å². The quantitative estimate of drug-likeness (QED) is 0.346. The third kappa shape index (κ3) is 3.52. The molecule has 132 valence electrons. The van der Waals surface area contributed by atoms with Gasteiger partial charge in [-0.1, -0.05) is 6.07 Å². The molecule has 9 nitrogen and oxygen atoms in total. The third-order valence-corrected chi connectivity index (χ3v) is 4.76. The largest absolute Gasteiger partial charge is 1.00 e. The Balaban J connectivity index is 0.00000243. The van der Waals surface area contributed by atoms with E-state index in [9.17, 15) is 22.6 Å². The molecule has 0 saturated heterocycles. The maximum atomic E-state index is 12.7. The monoisotopic (exact) mass is 402 g/mol. The first-order valence-electron chi connectivity index (χ1n) is 7.56. The van der Waals surface area contributed by atoms with E-state index in [0.717, 1.165) is 4.57 Å². The molecule has 0 N–H and O–H groups in total. The van der Waals surface area contributed by atoms with Gasteiger partial charge in [-0.25, -0.2) is 18.2 Å². The maximum Gasteiger partial charge on any atom is 1.00 e. The van der Waals surface area contributed by atoms with Crippen molar-refractivity contribution in [2.45, 2.75) is 31.8 Å². The normalized spacial score (nSPS) is 11.5. The molecular weight excluding hydrogens is 387 g/mol. The van der Waals surface area contributed by atoms with Crippen LogP contribution in [-0.4, -0.2) is 31.7 Å². The summed E-state index contributed by atoms with van der Waals surface area (Å²) in [4.78, 5) is 28.8. The van der Waals surface area contributed by atoms with Gasteiger partial charge in [0.2, 0.25) is 0 Å². The van der Waals surface area contributed by atoms with Gasteiger partial charge in [0.1, 0.15) is 16.4 Å². The molecule has 2 heterocycles. The minimum Gasteiger partial charge on any atom is -0.744 e. The summed E-state index contributed by atoms with van der Waals surface area (Å²) in [5, 5.41) is 0. The molecule has 0 atom stereocenters. The molecule has 0 fully saturated rings. The molecule has 1 aromatic carbocycles. The Labute approximate surface area is 191 Å². The van der Waals surface area contributed by atoms with Crippen molar-refractivity contribution in [2.75, 3.05) is 0 Å². The van der Waals surface area contributed by atoms with E-state index in [-0.39, 0.29) is 69.1 Å². The minimum absolute atomic E-state index is 0. The molecular formula is C15H15KN4O5S. The molecule has 0 aliphatic heterocycles. The van der Waals surface area contributed by atoms with Crippen molar-refractivity contribution in [3.63, 3.8) is 0 Å². The molecule has 0 spiro atoms. The Morgan fingerprint density at radius 3 is 2.35 bits per heavy atom.